The number of nitrogens with two attached hydrogens (primary N) is 1. The van der Waals surface area contributed by atoms with E-state index in [9.17, 15) is 34.8 Å². The molecule has 0 aromatic heterocycles. The molecule has 2 unspecified atom stereocenters. The number of aliphatic hydroxyl groups excluding tert-OH is 2. The first-order valence-corrected chi connectivity index (χ1v) is 13.0. The molecule has 0 saturated heterocycles. The number of phenols is 1. The maximum Gasteiger partial charge on any atom is 0.255 e. The zero-order chi connectivity index (χ0) is 28.5. The number of primary amides is 1. The smallest absolute Gasteiger partial charge is 0.255 e. The van der Waals surface area contributed by atoms with Crippen molar-refractivity contribution in [2.24, 2.45) is 17.6 Å². The summed E-state index contributed by atoms with van der Waals surface area (Å²) in [5, 5.41) is 48.0. The van der Waals surface area contributed by atoms with E-state index in [2.05, 4.69) is 19.2 Å². The third-order valence-corrected chi connectivity index (χ3v) is 7.93. The topological polar surface area (TPSA) is 173 Å². The van der Waals surface area contributed by atoms with Crippen LogP contribution in [0.5, 0.6) is 5.75 Å². The number of likely N-dealkylation sites (N-methyl/N-ethyl adjacent to an activating group) is 1. The lowest BCUT2D eigenvalue weighted by molar-refractivity contribution is -0.148. The van der Waals surface area contributed by atoms with Gasteiger partial charge in [-0.2, -0.15) is 0 Å². The second-order valence-corrected chi connectivity index (χ2v) is 10.5. The first-order chi connectivity index (χ1) is 17.8. The van der Waals surface area contributed by atoms with Gasteiger partial charge in [0.15, 0.2) is 11.4 Å². The van der Waals surface area contributed by atoms with Gasteiger partial charge in [-0.1, -0.05) is 33.3 Å². The average molecular weight is 530 g/mol. The van der Waals surface area contributed by atoms with Gasteiger partial charge in [0.2, 0.25) is 5.78 Å². The second-order valence-electron chi connectivity index (χ2n) is 10.5. The summed E-state index contributed by atoms with van der Waals surface area (Å²) >= 11 is 0. The highest BCUT2D eigenvalue weighted by molar-refractivity contribution is 6.24. The summed E-state index contributed by atoms with van der Waals surface area (Å²) in [6, 6.07) is 2.08. The second kappa shape index (κ2) is 11.3. The lowest BCUT2D eigenvalue weighted by Crippen LogP contribution is -2.62. The molecular formula is C28H39N3O7. The van der Waals surface area contributed by atoms with Gasteiger partial charge in [-0.3, -0.25) is 19.3 Å². The number of aromatic hydroxyl groups is 1. The van der Waals surface area contributed by atoms with E-state index in [-0.39, 0.29) is 36.1 Å². The number of rotatable bonds is 10. The predicted octanol–water partition coefficient (Wildman–Crippen LogP) is 1.88. The van der Waals surface area contributed by atoms with Crippen molar-refractivity contribution in [2.75, 3.05) is 20.6 Å². The molecule has 10 heteroatoms. The van der Waals surface area contributed by atoms with Crippen LogP contribution in [0.15, 0.2) is 29.0 Å². The first kappa shape index (κ1) is 29.3. The fourth-order valence-electron chi connectivity index (χ4n) is 5.63. The molecule has 208 valence electrons. The SMILES string of the molecule is CCC(C)CNCc1ccc(O)c2c1CCC(C(=O)[C@]1(O)C(O)=C(C(N)=O)C(=O)[C@@H](N(C)C)C1CC)=C2O. The lowest BCUT2D eigenvalue weighted by atomic mass is 9.66. The number of aliphatic hydroxyl groups is 3. The van der Waals surface area contributed by atoms with Crippen molar-refractivity contribution in [1.29, 1.82) is 0 Å². The number of carbonyl (C=O) groups is 3. The van der Waals surface area contributed by atoms with Gasteiger partial charge < -0.3 is 31.5 Å². The number of Topliss-reactive ketones (excluding diaryl/α,β-unsaturated/α-hetero) is 2. The zero-order valence-electron chi connectivity index (χ0n) is 22.7. The maximum absolute atomic E-state index is 14.0. The Labute approximate surface area is 222 Å². The van der Waals surface area contributed by atoms with E-state index in [1.165, 1.54) is 11.0 Å². The molecule has 3 rings (SSSR count). The molecule has 0 radical (unpaired) electrons. The third-order valence-electron chi connectivity index (χ3n) is 7.93. The summed E-state index contributed by atoms with van der Waals surface area (Å²) in [6.07, 6.45) is 1.41. The number of benzene rings is 1. The van der Waals surface area contributed by atoms with Crippen LogP contribution in [0.4, 0.5) is 0 Å². The minimum absolute atomic E-state index is 0.0119. The average Bonchev–Trinajstić information content (AvgIpc) is 2.86. The van der Waals surface area contributed by atoms with E-state index in [4.69, 9.17) is 5.73 Å². The number of hydrogen-bond donors (Lipinski definition) is 6. The molecule has 0 spiro atoms. The molecule has 0 heterocycles. The fraction of sp³-hybridized carbons (Fsp3) is 0.536. The van der Waals surface area contributed by atoms with Crippen molar-refractivity contribution in [2.45, 2.75) is 64.6 Å². The number of nitrogens with zero attached hydrogens (tertiary/aromatic N) is 1. The van der Waals surface area contributed by atoms with Crippen LogP contribution in [-0.4, -0.2) is 75.1 Å². The Morgan fingerprint density at radius 1 is 1.18 bits per heavy atom. The highest BCUT2D eigenvalue weighted by atomic mass is 16.3. The van der Waals surface area contributed by atoms with Gasteiger partial charge >= 0.3 is 0 Å². The number of phenolic OH excluding ortho intramolecular Hbond substituents is 1. The van der Waals surface area contributed by atoms with Crippen molar-refractivity contribution in [3.8, 4) is 5.75 Å². The Morgan fingerprint density at radius 2 is 1.84 bits per heavy atom. The molecule has 4 atom stereocenters. The van der Waals surface area contributed by atoms with Crippen molar-refractivity contribution in [1.82, 2.24) is 10.2 Å². The van der Waals surface area contributed by atoms with Gasteiger partial charge in [0.1, 0.15) is 22.8 Å². The Bertz CT molecular complexity index is 1200. The van der Waals surface area contributed by atoms with Crippen LogP contribution in [0.3, 0.4) is 0 Å². The molecule has 10 nitrogen and oxygen atoms in total. The Balaban J connectivity index is 2.13. The standard InChI is InChI=1S/C28H39N3O7/c1-6-14(3)12-30-13-15-8-11-19(32)20-16(15)9-10-17(23(20)33)25(35)28(38)18(7-2)22(31(4)5)24(34)21(26(28)36)27(29)37/h8,11,14,18,22,30,32-33,36,38H,6-7,9-10,12-13H2,1-5H3,(H2,29,37)/t14?,18?,22-,28-/m0/s1. The van der Waals surface area contributed by atoms with E-state index in [1.54, 1.807) is 27.1 Å². The van der Waals surface area contributed by atoms with Gasteiger partial charge in [0, 0.05) is 18.0 Å². The van der Waals surface area contributed by atoms with E-state index >= 15 is 0 Å². The van der Waals surface area contributed by atoms with Crippen LogP contribution in [-0.2, 0) is 27.3 Å². The van der Waals surface area contributed by atoms with Crippen LogP contribution in [0, 0.1) is 11.8 Å². The summed E-state index contributed by atoms with van der Waals surface area (Å²) in [5.41, 5.74) is 3.27. The van der Waals surface area contributed by atoms with Crippen molar-refractivity contribution < 1.29 is 34.8 Å². The molecule has 1 aromatic carbocycles. The van der Waals surface area contributed by atoms with Crippen LogP contribution >= 0.6 is 0 Å². The monoisotopic (exact) mass is 529 g/mol. The minimum Gasteiger partial charge on any atom is -0.508 e. The Hall–Kier alpha value is -3.21. The summed E-state index contributed by atoms with van der Waals surface area (Å²) in [6.45, 7) is 7.18. The quantitative estimate of drug-likeness (QED) is 0.247. The van der Waals surface area contributed by atoms with E-state index < -0.39 is 52.1 Å². The van der Waals surface area contributed by atoms with E-state index in [1.807, 2.05) is 0 Å². The third kappa shape index (κ3) is 4.83. The molecule has 1 amide bonds. The number of ketones is 2. The highest BCUT2D eigenvalue weighted by Crippen LogP contribution is 2.45. The molecular weight excluding hydrogens is 490 g/mol. The number of amides is 1. The summed E-state index contributed by atoms with van der Waals surface area (Å²) < 4.78 is 0. The first-order valence-electron chi connectivity index (χ1n) is 13.0. The molecule has 2 aliphatic carbocycles. The minimum atomic E-state index is -2.69. The van der Waals surface area contributed by atoms with Gasteiger partial charge in [0.25, 0.3) is 5.91 Å². The van der Waals surface area contributed by atoms with Crippen molar-refractivity contribution >= 4 is 23.2 Å². The number of carbonyl (C=O) groups excluding carboxylic acids is 3. The van der Waals surface area contributed by atoms with Crippen molar-refractivity contribution in [3.63, 3.8) is 0 Å². The van der Waals surface area contributed by atoms with E-state index in [0.29, 0.717) is 18.0 Å². The summed E-state index contributed by atoms with van der Waals surface area (Å²) in [7, 11) is 3.11. The van der Waals surface area contributed by atoms with E-state index in [0.717, 1.165) is 18.5 Å². The zero-order valence-corrected chi connectivity index (χ0v) is 22.7. The molecule has 0 aliphatic heterocycles. The largest absolute Gasteiger partial charge is 0.508 e. The van der Waals surface area contributed by atoms with Gasteiger partial charge in [0.05, 0.1) is 11.6 Å². The van der Waals surface area contributed by atoms with Crippen LogP contribution in [0.25, 0.3) is 5.76 Å². The van der Waals surface area contributed by atoms with Crippen LogP contribution < -0.4 is 11.1 Å². The van der Waals surface area contributed by atoms with Crippen LogP contribution in [0.1, 0.15) is 56.7 Å². The Morgan fingerprint density at radius 3 is 2.39 bits per heavy atom. The van der Waals surface area contributed by atoms with Crippen molar-refractivity contribution in [3.05, 3.63) is 45.7 Å². The molecule has 0 bridgehead atoms. The lowest BCUT2D eigenvalue weighted by Gasteiger charge is -2.44. The molecule has 38 heavy (non-hydrogen) atoms. The molecule has 1 aromatic rings. The molecule has 7 N–H and O–H groups in total. The Kier molecular flexibility index (Phi) is 8.70. The maximum atomic E-state index is 14.0. The fourth-order valence-corrected chi connectivity index (χ4v) is 5.63. The van der Waals surface area contributed by atoms with Gasteiger partial charge in [-0.15, -0.1) is 0 Å². The molecule has 2 aliphatic rings. The number of hydrogen-bond acceptors (Lipinski definition) is 9. The van der Waals surface area contributed by atoms with Crippen LogP contribution in [0.2, 0.25) is 0 Å². The predicted molar refractivity (Wildman–Crippen MR) is 142 cm³/mol. The summed E-state index contributed by atoms with van der Waals surface area (Å²) in [5.74, 6) is -5.59. The molecule has 0 fully saturated rings. The van der Waals surface area contributed by atoms with Gasteiger partial charge in [-0.05, 0) is 63.0 Å². The molecule has 0 saturated carbocycles. The van der Waals surface area contributed by atoms with Gasteiger partial charge in [-0.25, -0.2) is 0 Å². The normalized spacial score (nSPS) is 24.6. The summed E-state index contributed by atoms with van der Waals surface area (Å²) in [4.78, 5) is 40.6. The number of fused-ring (bicyclic) bond motifs is 1. The number of nitrogens with one attached hydrogen (secondary N) is 1. The highest BCUT2D eigenvalue weighted by Gasteiger charge is 2.59.